The summed E-state index contributed by atoms with van der Waals surface area (Å²) in [7, 11) is 8.42. The Hall–Kier alpha value is -0.160. The minimum Gasteiger partial charge on any atom is -0.316 e. The Kier molecular flexibility index (Phi) is 8.08. The molecule has 4 nitrogen and oxygen atoms in total. The van der Waals surface area contributed by atoms with Crippen LogP contribution in [0.3, 0.4) is 0 Å². The zero-order chi connectivity index (χ0) is 11.0. The van der Waals surface area contributed by atoms with Crippen molar-refractivity contribution < 1.29 is 0 Å². The van der Waals surface area contributed by atoms with E-state index >= 15 is 0 Å². The zero-order valence-corrected chi connectivity index (χ0v) is 10.4. The monoisotopic (exact) mass is 202 g/mol. The molecule has 0 heterocycles. The third-order valence-corrected chi connectivity index (χ3v) is 2.17. The van der Waals surface area contributed by atoms with Crippen LogP contribution in [-0.2, 0) is 0 Å². The zero-order valence-electron chi connectivity index (χ0n) is 10.4. The lowest BCUT2D eigenvalue weighted by molar-refractivity contribution is 0.0211. The van der Waals surface area contributed by atoms with E-state index in [0.717, 1.165) is 32.7 Å². The van der Waals surface area contributed by atoms with Crippen molar-refractivity contribution in [1.29, 1.82) is 0 Å². The molecule has 0 aliphatic heterocycles. The SMILES string of the molecule is CCNCCN(CCN(C)C)N(C)C. The molecule has 0 aliphatic rings. The molecule has 86 valence electrons. The Labute approximate surface area is 88.8 Å². The maximum absolute atomic E-state index is 3.34. The Morgan fingerprint density at radius 3 is 2.00 bits per heavy atom. The lowest BCUT2D eigenvalue weighted by Gasteiger charge is -2.30. The molecule has 0 unspecified atom stereocenters. The van der Waals surface area contributed by atoms with Gasteiger partial charge in [-0.25, -0.2) is 10.0 Å². The van der Waals surface area contributed by atoms with Crippen molar-refractivity contribution in [3.8, 4) is 0 Å². The van der Waals surface area contributed by atoms with Gasteiger partial charge in [0.1, 0.15) is 0 Å². The van der Waals surface area contributed by atoms with Crippen LogP contribution < -0.4 is 5.32 Å². The van der Waals surface area contributed by atoms with Crippen LogP contribution in [0.15, 0.2) is 0 Å². The van der Waals surface area contributed by atoms with Crippen LogP contribution in [0, 0.1) is 0 Å². The standard InChI is InChI=1S/C10H26N4/c1-6-11-7-8-14(13(4)5)10-9-12(2)3/h11H,6-10H2,1-5H3. The number of likely N-dealkylation sites (N-methyl/N-ethyl adjacent to an activating group) is 2. The van der Waals surface area contributed by atoms with Crippen LogP contribution in [0.5, 0.6) is 0 Å². The molecule has 0 saturated carbocycles. The first kappa shape index (κ1) is 13.8. The largest absolute Gasteiger partial charge is 0.316 e. The molecule has 0 aromatic carbocycles. The van der Waals surface area contributed by atoms with Crippen molar-refractivity contribution >= 4 is 0 Å². The number of hydrogen-bond donors (Lipinski definition) is 1. The Bertz CT molecular complexity index is 125. The van der Waals surface area contributed by atoms with E-state index in [0.29, 0.717) is 0 Å². The molecule has 0 atom stereocenters. The van der Waals surface area contributed by atoms with Crippen LogP contribution in [0.25, 0.3) is 0 Å². The average Bonchev–Trinajstić information content (AvgIpc) is 2.10. The molecule has 0 aliphatic carbocycles. The Balaban J connectivity index is 3.66. The number of hydrogen-bond acceptors (Lipinski definition) is 4. The summed E-state index contributed by atoms with van der Waals surface area (Å²) in [5.74, 6) is 0. The molecule has 0 rings (SSSR count). The molecular formula is C10H26N4. The maximum Gasteiger partial charge on any atom is 0.0261 e. The van der Waals surface area contributed by atoms with E-state index in [9.17, 15) is 0 Å². The van der Waals surface area contributed by atoms with Crippen LogP contribution in [0.1, 0.15) is 6.92 Å². The lowest BCUT2D eigenvalue weighted by Crippen LogP contribution is -2.44. The van der Waals surface area contributed by atoms with Crippen LogP contribution in [-0.4, -0.2) is 75.8 Å². The van der Waals surface area contributed by atoms with Gasteiger partial charge >= 0.3 is 0 Å². The summed E-state index contributed by atoms with van der Waals surface area (Å²) in [5, 5.41) is 7.86. The summed E-state index contributed by atoms with van der Waals surface area (Å²) < 4.78 is 0. The molecule has 0 fully saturated rings. The van der Waals surface area contributed by atoms with E-state index < -0.39 is 0 Å². The van der Waals surface area contributed by atoms with Crippen molar-refractivity contribution in [3.05, 3.63) is 0 Å². The van der Waals surface area contributed by atoms with Crippen molar-refractivity contribution in [2.75, 3.05) is 60.9 Å². The summed E-state index contributed by atoms with van der Waals surface area (Å²) in [6, 6.07) is 0. The number of rotatable bonds is 8. The van der Waals surface area contributed by atoms with Gasteiger partial charge in [0.2, 0.25) is 0 Å². The molecule has 0 spiro atoms. The highest BCUT2D eigenvalue weighted by molar-refractivity contribution is 4.56. The van der Waals surface area contributed by atoms with Gasteiger partial charge in [0.05, 0.1) is 0 Å². The molecule has 1 N–H and O–H groups in total. The first-order chi connectivity index (χ1) is 6.57. The molecule has 14 heavy (non-hydrogen) atoms. The maximum atomic E-state index is 3.34. The van der Waals surface area contributed by atoms with Crippen LogP contribution in [0.4, 0.5) is 0 Å². The van der Waals surface area contributed by atoms with E-state index in [1.165, 1.54) is 0 Å². The summed E-state index contributed by atoms with van der Waals surface area (Å²) >= 11 is 0. The molecule has 0 amide bonds. The third-order valence-electron chi connectivity index (χ3n) is 2.17. The molecule has 4 heteroatoms. The molecular weight excluding hydrogens is 176 g/mol. The molecule has 0 aromatic heterocycles. The van der Waals surface area contributed by atoms with Gasteiger partial charge in [-0.1, -0.05) is 6.92 Å². The number of nitrogens with zero attached hydrogens (tertiary/aromatic N) is 3. The summed E-state index contributed by atoms with van der Waals surface area (Å²) in [6.07, 6.45) is 0. The second-order valence-corrected chi connectivity index (χ2v) is 3.96. The molecule has 0 bridgehead atoms. The normalized spacial score (nSPS) is 12.0. The number of hydrazine groups is 1. The topological polar surface area (TPSA) is 21.8 Å². The summed E-state index contributed by atoms with van der Waals surface area (Å²) in [5.41, 5.74) is 0. The van der Waals surface area contributed by atoms with Crippen molar-refractivity contribution in [2.45, 2.75) is 6.92 Å². The quantitative estimate of drug-likeness (QED) is 0.439. The molecule has 0 aromatic rings. The fraction of sp³-hybridized carbons (Fsp3) is 1.00. The first-order valence-electron chi connectivity index (χ1n) is 5.35. The Morgan fingerprint density at radius 2 is 1.57 bits per heavy atom. The van der Waals surface area contributed by atoms with E-state index in [1.54, 1.807) is 0 Å². The fourth-order valence-corrected chi connectivity index (χ4v) is 1.21. The van der Waals surface area contributed by atoms with E-state index in [2.05, 4.69) is 55.3 Å². The molecule has 0 saturated heterocycles. The first-order valence-corrected chi connectivity index (χ1v) is 5.35. The van der Waals surface area contributed by atoms with Gasteiger partial charge in [0.15, 0.2) is 0 Å². The van der Waals surface area contributed by atoms with Crippen molar-refractivity contribution in [3.63, 3.8) is 0 Å². The van der Waals surface area contributed by atoms with Gasteiger partial charge in [-0.15, -0.1) is 0 Å². The summed E-state index contributed by atoms with van der Waals surface area (Å²) in [6.45, 7) is 7.52. The highest BCUT2D eigenvalue weighted by atomic mass is 15.6. The van der Waals surface area contributed by atoms with Gasteiger partial charge < -0.3 is 10.2 Å². The van der Waals surface area contributed by atoms with Crippen molar-refractivity contribution in [2.24, 2.45) is 0 Å². The third kappa shape index (κ3) is 7.26. The lowest BCUT2D eigenvalue weighted by atomic mass is 10.5. The summed E-state index contributed by atoms with van der Waals surface area (Å²) in [4.78, 5) is 2.21. The van der Waals surface area contributed by atoms with E-state index in [-0.39, 0.29) is 0 Å². The second kappa shape index (κ2) is 8.17. The van der Waals surface area contributed by atoms with Gasteiger partial charge in [-0.3, -0.25) is 0 Å². The van der Waals surface area contributed by atoms with Crippen molar-refractivity contribution in [1.82, 2.24) is 20.2 Å². The predicted octanol–water partition coefficient (Wildman–Crippen LogP) is -0.0639. The highest BCUT2D eigenvalue weighted by Gasteiger charge is 2.06. The van der Waals surface area contributed by atoms with Crippen LogP contribution >= 0.6 is 0 Å². The Morgan fingerprint density at radius 1 is 0.929 bits per heavy atom. The van der Waals surface area contributed by atoms with Gasteiger partial charge in [0.25, 0.3) is 0 Å². The smallest absolute Gasteiger partial charge is 0.0261 e. The van der Waals surface area contributed by atoms with E-state index in [4.69, 9.17) is 0 Å². The van der Waals surface area contributed by atoms with Gasteiger partial charge in [-0.2, -0.15) is 0 Å². The second-order valence-electron chi connectivity index (χ2n) is 3.96. The highest BCUT2D eigenvalue weighted by Crippen LogP contribution is 1.91. The molecule has 0 radical (unpaired) electrons. The van der Waals surface area contributed by atoms with Gasteiger partial charge in [0, 0.05) is 40.3 Å². The number of nitrogens with one attached hydrogen (secondary N) is 1. The van der Waals surface area contributed by atoms with Crippen LogP contribution in [0.2, 0.25) is 0 Å². The predicted molar refractivity (Wildman–Crippen MR) is 62.4 cm³/mol. The van der Waals surface area contributed by atoms with Gasteiger partial charge in [-0.05, 0) is 20.6 Å². The fourth-order valence-electron chi connectivity index (χ4n) is 1.21. The minimum absolute atomic E-state index is 1.05. The average molecular weight is 202 g/mol. The van der Waals surface area contributed by atoms with E-state index in [1.807, 2.05) is 0 Å². The minimum atomic E-state index is 1.05.